The lowest BCUT2D eigenvalue weighted by atomic mass is 9.90. The number of rotatable bonds is 3. The van der Waals surface area contributed by atoms with E-state index in [1.807, 2.05) is 0 Å². The van der Waals surface area contributed by atoms with Crippen molar-refractivity contribution in [3.63, 3.8) is 0 Å². The standard InChI is InChI=1S/C21H27N3O2/c1-25-19-10-15-8-9-23-14-24(17-6-4-3-5-7-17)13-16(12-22)21(23)18(15)11-20(19)26-2/h10-11,17H,3-9,13-14H2,1-2H3/p+1. The minimum absolute atomic E-state index is 0.709. The normalized spacial score (nSPS) is 23.1. The first kappa shape index (κ1) is 17.2. The number of quaternary nitrogens is 1. The van der Waals surface area contributed by atoms with E-state index >= 15 is 0 Å². The number of hydrogen-bond donors (Lipinski definition) is 1. The Bertz CT molecular complexity index is 759. The molecule has 0 amide bonds. The molecule has 4 rings (SSSR count). The molecule has 2 heterocycles. The minimum atomic E-state index is 0.709. The van der Waals surface area contributed by atoms with Crippen LogP contribution in [-0.2, 0) is 6.42 Å². The van der Waals surface area contributed by atoms with Crippen molar-refractivity contribution in [2.24, 2.45) is 0 Å². The largest absolute Gasteiger partial charge is 0.493 e. The van der Waals surface area contributed by atoms with Crippen molar-refractivity contribution in [1.29, 1.82) is 5.26 Å². The van der Waals surface area contributed by atoms with Crippen LogP contribution in [0.3, 0.4) is 0 Å². The maximum absolute atomic E-state index is 9.90. The molecule has 1 saturated carbocycles. The van der Waals surface area contributed by atoms with Gasteiger partial charge in [0.05, 0.1) is 26.0 Å². The Labute approximate surface area is 155 Å². The number of methoxy groups -OCH3 is 2. The lowest BCUT2D eigenvalue weighted by Gasteiger charge is -2.43. The third-order valence-corrected chi connectivity index (χ3v) is 6.23. The van der Waals surface area contributed by atoms with E-state index in [-0.39, 0.29) is 0 Å². The third kappa shape index (κ3) is 2.93. The molecule has 0 spiro atoms. The van der Waals surface area contributed by atoms with Crippen molar-refractivity contribution in [1.82, 2.24) is 4.90 Å². The molecule has 1 atom stereocenters. The van der Waals surface area contributed by atoms with Crippen LogP contribution in [0.15, 0.2) is 17.7 Å². The minimum Gasteiger partial charge on any atom is -0.493 e. The lowest BCUT2D eigenvalue weighted by molar-refractivity contribution is -0.932. The van der Waals surface area contributed by atoms with Gasteiger partial charge in [0.15, 0.2) is 18.2 Å². The highest BCUT2D eigenvalue weighted by Crippen LogP contribution is 2.39. The number of nitriles is 1. The predicted octanol–water partition coefficient (Wildman–Crippen LogP) is 1.99. The van der Waals surface area contributed by atoms with E-state index in [4.69, 9.17) is 9.47 Å². The van der Waals surface area contributed by atoms with Gasteiger partial charge in [0, 0.05) is 12.1 Å². The number of nitrogens with one attached hydrogen (secondary N) is 1. The summed E-state index contributed by atoms with van der Waals surface area (Å²) in [5.41, 5.74) is 4.44. The van der Waals surface area contributed by atoms with Crippen LogP contribution in [0.5, 0.6) is 11.5 Å². The van der Waals surface area contributed by atoms with E-state index in [0.29, 0.717) is 6.04 Å². The lowest BCUT2D eigenvalue weighted by Crippen LogP contribution is -3.18. The van der Waals surface area contributed by atoms with Gasteiger partial charge in [-0.25, -0.2) is 0 Å². The molecule has 26 heavy (non-hydrogen) atoms. The zero-order valence-electron chi connectivity index (χ0n) is 15.8. The molecular formula is C21H28N3O2+. The molecule has 0 radical (unpaired) electrons. The fraction of sp³-hybridized carbons (Fsp3) is 0.571. The smallest absolute Gasteiger partial charge is 0.161 e. The molecular weight excluding hydrogens is 326 g/mol. The third-order valence-electron chi connectivity index (χ3n) is 6.23. The SMILES string of the molecule is COc1cc2c(cc1OC)C1=C(C#N)C[NH+](C3CCCCC3)CN1CC2. The second kappa shape index (κ2) is 7.20. The summed E-state index contributed by atoms with van der Waals surface area (Å²) in [7, 11) is 3.34. The molecule has 0 bridgehead atoms. The number of nitrogens with zero attached hydrogens (tertiary/aromatic N) is 2. The fourth-order valence-electron chi connectivity index (χ4n) is 4.89. The van der Waals surface area contributed by atoms with E-state index in [1.54, 1.807) is 19.1 Å². The van der Waals surface area contributed by atoms with Gasteiger partial charge in [-0.1, -0.05) is 6.42 Å². The maximum Gasteiger partial charge on any atom is 0.161 e. The van der Waals surface area contributed by atoms with E-state index in [2.05, 4.69) is 23.1 Å². The van der Waals surface area contributed by atoms with Crippen LogP contribution < -0.4 is 14.4 Å². The van der Waals surface area contributed by atoms with Crippen LogP contribution in [0, 0.1) is 11.3 Å². The van der Waals surface area contributed by atoms with Gasteiger partial charge in [0.2, 0.25) is 0 Å². The summed E-state index contributed by atoms with van der Waals surface area (Å²) in [6.45, 7) is 2.83. The van der Waals surface area contributed by atoms with Gasteiger partial charge >= 0.3 is 0 Å². The van der Waals surface area contributed by atoms with E-state index in [0.717, 1.165) is 54.5 Å². The average molecular weight is 354 g/mol. The Morgan fingerprint density at radius 1 is 1.12 bits per heavy atom. The first-order valence-corrected chi connectivity index (χ1v) is 9.73. The van der Waals surface area contributed by atoms with Crippen molar-refractivity contribution in [2.45, 2.75) is 44.6 Å². The highest BCUT2D eigenvalue weighted by molar-refractivity contribution is 5.76. The number of benzene rings is 1. The highest BCUT2D eigenvalue weighted by atomic mass is 16.5. The summed E-state index contributed by atoms with van der Waals surface area (Å²) in [5.74, 6) is 1.50. The van der Waals surface area contributed by atoms with Crippen molar-refractivity contribution in [2.75, 3.05) is 34.0 Å². The zero-order valence-corrected chi connectivity index (χ0v) is 15.8. The van der Waals surface area contributed by atoms with E-state index < -0.39 is 0 Å². The summed E-state index contributed by atoms with van der Waals surface area (Å²) < 4.78 is 11.0. The fourth-order valence-corrected chi connectivity index (χ4v) is 4.89. The average Bonchev–Trinajstić information content (AvgIpc) is 2.72. The predicted molar refractivity (Wildman–Crippen MR) is 100 cm³/mol. The van der Waals surface area contributed by atoms with Crippen LogP contribution in [0.1, 0.15) is 43.2 Å². The van der Waals surface area contributed by atoms with E-state index in [9.17, 15) is 5.26 Å². The maximum atomic E-state index is 9.90. The van der Waals surface area contributed by atoms with Crippen LogP contribution in [0.25, 0.3) is 5.70 Å². The molecule has 1 aromatic rings. The van der Waals surface area contributed by atoms with Gasteiger partial charge < -0.3 is 19.3 Å². The van der Waals surface area contributed by atoms with Crippen molar-refractivity contribution in [3.8, 4) is 17.6 Å². The molecule has 0 aromatic heterocycles. The molecule has 2 aliphatic heterocycles. The molecule has 1 aromatic carbocycles. The molecule has 1 N–H and O–H groups in total. The van der Waals surface area contributed by atoms with Crippen LogP contribution >= 0.6 is 0 Å². The topological polar surface area (TPSA) is 49.9 Å². The second-order valence-corrected chi connectivity index (χ2v) is 7.64. The van der Waals surface area contributed by atoms with Gasteiger partial charge in [0.25, 0.3) is 0 Å². The Kier molecular flexibility index (Phi) is 4.78. The van der Waals surface area contributed by atoms with Gasteiger partial charge in [0.1, 0.15) is 18.2 Å². The summed E-state index contributed by atoms with van der Waals surface area (Å²) in [6.07, 6.45) is 7.64. The molecule has 3 aliphatic rings. The summed E-state index contributed by atoms with van der Waals surface area (Å²) in [6, 6.07) is 7.36. The monoisotopic (exact) mass is 354 g/mol. The van der Waals surface area contributed by atoms with Gasteiger partial charge in [-0.15, -0.1) is 0 Å². The van der Waals surface area contributed by atoms with Gasteiger partial charge in [-0.2, -0.15) is 5.26 Å². The molecule has 1 fully saturated rings. The molecule has 138 valence electrons. The van der Waals surface area contributed by atoms with Crippen LogP contribution in [-0.4, -0.2) is 44.9 Å². The number of fused-ring (bicyclic) bond motifs is 3. The molecule has 1 unspecified atom stereocenters. The first-order valence-electron chi connectivity index (χ1n) is 9.73. The highest BCUT2D eigenvalue weighted by Gasteiger charge is 2.36. The molecule has 1 aliphatic carbocycles. The first-order chi connectivity index (χ1) is 12.7. The summed E-state index contributed by atoms with van der Waals surface area (Å²) >= 11 is 0. The van der Waals surface area contributed by atoms with Gasteiger partial charge in [-0.05, 0) is 49.8 Å². The van der Waals surface area contributed by atoms with Crippen LogP contribution in [0.2, 0.25) is 0 Å². The zero-order chi connectivity index (χ0) is 18.1. The molecule has 5 heteroatoms. The van der Waals surface area contributed by atoms with Crippen molar-refractivity contribution in [3.05, 3.63) is 28.8 Å². The Hall–Kier alpha value is -2.19. The Morgan fingerprint density at radius 2 is 1.85 bits per heavy atom. The second-order valence-electron chi connectivity index (χ2n) is 7.64. The number of hydrogen-bond acceptors (Lipinski definition) is 4. The van der Waals surface area contributed by atoms with E-state index in [1.165, 1.54) is 37.7 Å². The van der Waals surface area contributed by atoms with Crippen molar-refractivity contribution < 1.29 is 14.4 Å². The molecule has 5 nitrogen and oxygen atoms in total. The van der Waals surface area contributed by atoms with Gasteiger partial charge in [-0.3, -0.25) is 0 Å². The van der Waals surface area contributed by atoms with Crippen LogP contribution in [0.4, 0.5) is 0 Å². The summed E-state index contributed by atoms with van der Waals surface area (Å²) in [5, 5.41) is 9.90. The quantitative estimate of drug-likeness (QED) is 0.902. The molecule has 0 saturated heterocycles. The summed E-state index contributed by atoms with van der Waals surface area (Å²) in [4.78, 5) is 4.01. The Balaban J connectivity index is 1.72. The number of ether oxygens (including phenoxy) is 2. The van der Waals surface area contributed by atoms with Crippen molar-refractivity contribution >= 4 is 5.70 Å². The Morgan fingerprint density at radius 3 is 2.54 bits per heavy atom.